The van der Waals surface area contributed by atoms with Gasteiger partial charge in [0.25, 0.3) is 0 Å². The van der Waals surface area contributed by atoms with Gasteiger partial charge in [-0.3, -0.25) is 0 Å². The molecule has 2 rings (SSSR count). The van der Waals surface area contributed by atoms with E-state index in [4.69, 9.17) is 19.4 Å². The maximum Gasteiger partial charge on any atom is 0.168 e. The van der Waals surface area contributed by atoms with E-state index >= 15 is 0 Å². The van der Waals surface area contributed by atoms with Crippen molar-refractivity contribution >= 4 is 5.71 Å². The molecule has 0 saturated heterocycles. The zero-order chi connectivity index (χ0) is 14.6. The van der Waals surface area contributed by atoms with Crippen LogP contribution >= 0.6 is 0 Å². The molecule has 0 spiro atoms. The molecule has 110 valence electrons. The van der Waals surface area contributed by atoms with Gasteiger partial charge in [0, 0.05) is 25.0 Å². The monoisotopic (exact) mass is 281 g/mol. The van der Waals surface area contributed by atoms with Crippen molar-refractivity contribution in [1.29, 1.82) is 0 Å². The third-order valence-corrected chi connectivity index (χ3v) is 3.41. The number of nitrogens with zero attached hydrogens (tertiary/aromatic N) is 1. The van der Waals surface area contributed by atoms with Crippen LogP contribution in [0.15, 0.2) is 23.4 Å². The molecule has 1 aliphatic heterocycles. The molecule has 0 aliphatic carbocycles. The Balaban J connectivity index is 2.21. The van der Waals surface area contributed by atoms with Gasteiger partial charge >= 0.3 is 0 Å². The number of hydrogen-bond donors (Lipinski definition) is 2. The molecule has 1 unspecified atom stereocenters. The predicted molar refractivity (Wildman–Crippen MR) is 73.3 cm³/mol. The molecule has 1 heterocycles. The molecule has 20 heavy (non-hydrogen) atoms. The number of methoxy groups -OCH3 is 2. The average molecular weight is 281 g/mol. The molecule has 6 heteroatoms. The minimum atomic E-state index is -0.822. The van der Waals surface area contributed by atoms with Crippen LogP contribution in [0, 0.1) is 0 Å². The fraction of sp³-hybridized carbons (Fsp3) is 0.500. The van der Waals surface area contributed by atoms with Crippen LogP contribution in [0.25, 0.3) is 0 Å². The van der Waals surface area contributed by atoms with Crippen molar-refractivity contribution in [3.8, 4) is 11.5 Å². The van der Waals surface area contributed by atoms with Crippen molar-refractivity contribution in [1.82, 2.24) is 0 Å². The molecule has 0 radical (unpaired) electrons. The summed E-state index contributed by atoms with van der Waals surface area (Å²) in [7, 11) is 3.14. The Morgan fingerprint density at radius 2 is 2.00 bits per heavy atom. The largest absolute Gasteiger partial charge is 0.493 e. The van der Waals surface area contributed by atoms with Crippen molar-refractivity contribution in [2.75, 3.05) is 27.4 Å². The van der Waals surface area contributed by atoms with E-state index < -0.39 is 5.60 Å². The molecule has 0 bridgehead atoms. The number of rotatable bonds is 6. The van der Waals surface area contributed by atoms with Gasteiger partial charge in [0.2, 0.25) is 0 Å². The molecule has 1 aromatic rings. The van der Waals surface area contributed by atoms with Crippen LogP contribution in [0.2, 0.25) is 0 Å². The van der Waals surface area contributed by atoms with Gasteiger partial charge in [-0.05, 0) is 18.2 Å². The van der Waals surface area contributed by atoms with Gasteiger partial charge in [-0.25, -0.2) is 0 Å². The maximum absolute atomic E-state index is 9.44. The Kier molecular flexibility index (Phi) is 4.46. The number of ether oxygens (including phenoxy) is 2. The second-order valence-corrected chi connectivity index (χ2v) is 4.69. The van der Waals surface area contributed by atoms with Crippen LogP contribution < -0.4 is 9.47 Å². The molecule has 0 amide bonds. The lowest BCUT2D eigenvalue weighted by Gasteiger charge is -2.22. The first-order valence-electron chi connectivity index (χ1n) is 6.37. The normalized spacial score (nSPS) is 21.3. The third kappa shape index (κ3) is 2.71. The number of hydrogen-bond acceptors (Lipinski definition) is 6. The molecule has 1 atom stereocenters. The van der Waals surface area contributed by atoms with Crippen molar-refractivity contribution in [2.45, 2.75) is 18.4 Å². The Morgan fingerprint density at radius 1 is 1.25 bits per heavy atom. The van der Waals surface area contributed by atoms with Gasteiger partial charge in [-0.2, -0.15) is 0 Å². The fourth-order valence-corrected chi connectivity index (χ4v) is 2.19. The SMILES string of the molecule is COc1ccc(C2=NOC(CO)(CCO)C2)cc1OC. The quantitative estimate of drug-likeness (QED) is 0.811. The fourth-order valence-electron chi connectivity index (χ4n) is 2.19. The molecule has 6 nitrogen and oxygen atoms in total. The average Bonchev–Trinajstić information content (AvgIpc) is 2.91. The van der Waals surface area contributed by atoms with E-state index in [1.807, 2.05) is 12.1 Å². The van der Waals surface area contributed by atoms with Crippen LogP contribution in [0.1, 0.15) is 18.4 Å². The maximum atomic E-state index is 9.44. The first kappa shape index (κ1) is 14.6. The van der Waals surface area contributed by atoms with Crippen molar-refractivity contribution in [3.05, 3.63) is 23.8 Å². The zero-order valence-corrected chi connectivity index (χ0v) is 11.6. The third-order valence-electron chi connectivity index (χ3n) is 3.41. The van der Waals surface area contributed by atoms with E-state index in [0.29, 0.717) is 30.1 Å². The number of benzene rings is 1. The summed E-state index contributed by atoms with van der Waals surface area (Å²) in [5.74, 6) is 1.25. The molecular formula is C14H19NO5. The minimum absolute atomic E-state index is 0.0602. The lowest BCUT2D eigenvalue weighted by atomic mass is 9.92. The number of oxime groups is 1. The van der Waals surface area contributed by atoms with E-state index in [1.165, 1.54) is 0 Å². The predicted octanol–water partition coefficient (Wildman–Crippen LogP) is 0.942. The minimum Gasteiger partial charge on any atom is -0.493 e. The van der Waals surface area contributed by atoms with Gasteiger partial charge < -0.3 is 24.5 Å². The first-order chi connectivity index (χ1) is 9.68. The summed E-state index contributed by atoms with van der Waals surface area (Å²) in [6.07, 6.45) is 0.781. The molecule has 2 N–H and O–H groups in total. The Bertz CT molecular complexity index is 502. The second kappa shape index (κ2) is 6.11. The van der Waals surface area contributed by atoms with Crippen molar-refractivity contribution in [3.63, 3.8) is 0 Å². The highest BCUT2D eigenvalue weighted by Crippen LogP contribution is 2.33. The number of aliphatic hydroxyl groups is 2. The van der Waals surface area contributed by atoms with Crippen LogP contribution in [-0.4, -0.2) is 49.0 Å². The Hall–Kier alpha value is -1.79. The molecule has 1 aromatic carbocycles. The molecule has 0 aromatic heterocycles. The first-order valence-corrected chi connectivity index (χ1v) is 6.37. The van der Waals surface area contributed by atoms with E-state index in [0.717, 1.165) is 5.56 Å². The summed E-state index contributed by atoms with van der Waals surface area (Å²) in [5.41, 5.74) is 0.737. The second-order valence-electron chi connectivity index (χ2n) is 4.69. The van der Waals surface area contributed by atoms with Gasteiger partial charge in [0.05, 0.1) is 26.5 Å². The lowest BCUT2D eigenvalue weighted by Crippen LogP contribution is -2.34. The molecule has 0 fully saturated rings. The van der Waals surface area contributed by atoms with Crippen LogP contribution in [-0.2, 0) is 4.84 Å². The van der Waals surface area contributed by atoms with E-state index in [1.54, 1.807) is 20.3 Å². The molecular weight excluding hydrogens is 262 g/mol. The Labute approximate surface area is 117 Å². The highest BCUT2D eigenvalue weighted by molar-refractivity contribution is 6.02. The van der Waals surface area contributed by atoms with Gasteiger partial charge in [-0.15, -0.1) is 0 Å². The highest BCUT2D eigenvalue weighted by atomic mass is 16.7. The van der Waals surface area contributed by atoms with Gasteiger partial charge in [0.15, 0.2) is 17.1 Å². The highest BCUT2D eigenvalue weighted by Gasteiger charge is 2.38. The Morgan fingerprint density at radius 3 is 2.60 bits per heavy atom. The summed E-state index contributed by atoms with van der Waals surface area (Å²) in [4.78, 5) is 5.33. The van der Waals surface area contributed by atoms with Crippen molar-refractivity contribution in [2.24, 2.45) is 5.16 Å². The van der Waals surface area contributed by atoms with Crippen molar-refractivity contribution < 1.29 is 24.5 Å². The van der Waals surface area contributed by atoms with E-state index in [-0.39, 0.29) is 13.2 Å². The molecule has 0 saturated carbocycles. The van der Waals surface area contributed by atoms with Gasteiger partial charge in [0.1, 0.15) is 0 Å². The van der Waals surface area contributed by atoms with Crippen LogP contribution in [0.3, 0.4) is 0 Å². The van der Waals surface area contributed by atoms with Gasteiger partial charge in [-0.1, -0.05) is 5.16 Å². The van der Waals surface area contributed by atoms with E-state index in [2.05, 4.69) is 5.16 Å². The standard InChI is InChI=1S/C14H19NO5/c1-18-12-4-3-10(7-13(12)19-2)11-8-14(9-17,5-6-16)20-15-11/h3-4,7,16-17H,5-6,8-9H2,1-2H3. The topological polar surface area (TPSA) is 80.5 Å². The summed E-state index contributed by atoms with van der Waals surface area (Å²) in [5, 5.41) is 22.5. The summed E-state index contributed by atoms with van der Waals surface area (Å²) in [6, 6.07) is 5.46. The smallest absolute Gasteiger partial charge is 0.168 e. The molecule has 1 aliphatic rings. The summed E-state index contributed by atoms with van der Waals surface area (Å²) >= 11 is 0. The summed E-state index contributed by atoms with van der Waals surface area (Å²) in [6.45, 7) is -0.247. The van der Waals surface area contributed by atoms with Crippen LogP contribution in [0.4, 0.5) is 0 Å². The van der Waals surface area contributed by atoms with E-state index in [9.17, 15) is 5.11 Å². The lowest BCUT2D eigenvalue weighted by molar-refractivity contribution is -0.0697. The summed E-state index contributed by atoms with van der Waals surface area (Å²) < 4.78 is 10.4. The zero-order valence-electron chi connectivity index (χ0n) is 11.6. The number of aliphatic hydroxyl groups excluding tert-OH is 2. The van der Waals surface area contributed by atoms with Crippen LogP contribution in [0.5, 0.6) is 11.5 Å².